The Morgan fingerprint density at radius 1 is 1.29 bits per heavy atom. The molecule has 2 aromatic heterocycles. The number of nitrogens with zero attached hydrogens (tertiary/aromatic N) is 4. The van der Waals surface area contributed by atoms with Crippen LogP contribution in [0.1, 0.15) is 24.3 Å². The smallest absolute Gasteiger partial charge is 0.277 e. The van der Waals surface area contributed by atoms with Gasteiger partial charge in [-0.2, -0.15) is 0 Å². The van der Waals surface area contributed by atoms with Crippen LogP contribution in [0.25, 0.3) is 10.9 Å². The lowest BCUT2D eigenvalue weighted by Gasteiger charge is -2.24. The van der Waals surface area contributed by atoms with E-state index in [0.29, 0.717) is 10.9 Å². The average Bonchev–Trinajstić information content (AvgIpc) is 3.14. The fraction of sp³-hybridized carbons (Fsp3) is 0.294. The number of carbonyl (C=O) groups is 1. The molecule has 0 aliphatic carbocycles. The lowest BCUT2D eigenvalue weighted by Crippen LogP contribution is -2.32. The molecule has 0 unspecified atom stereocenters. The van der Waals surface area contributed by atoms with E-state index >= 15 is 0 Å². The van der Waals surface area contributed by atoms with Crippen molar-refractivity contribution in [1.82, 2.24) is 19.9 Å². The molecule has 0 saturated carbocycles. The Balaban J connectivity index is 1.70. The number of amides is 1. The highest BCUT2D eigenvalue weighted by atomic mass is 32.1. The number of hydrogen-bond donors (Lipinski definition) is 0. The molecular weight excluding hydrogens is 324 g/mol. The van der Waals surface area contributed by atoms with Crippen molar-refractivity contribution < 1.29 is 4.79 Å². The Labute approximate surface area is 143 Å². The van der Waals surface area contributed by atoms with Crippen LogP contribution < -0.4 is 5.56 Å². The largest absolute Gasteiger partial charge is 0.338 e. The summed E-state index contributed by atoms with van der Waals surface area (Å²) in [5, 5.41) is 10.5. The molecule has 0 saturated heterocycles. The summed E-state index contributed by atoms with van der Waals surface area (Å²) in [6.07, 6.45) is 0.207. The van der Waals surface area contributed by atoms with Gasteiger partial charge in [-0.25, -0.2) is 4.68 Å². The molecule has 2 heterocycles. The van der Waals surface area contributed by atoms with E-state index in [1.54, 1.807) is 41.5 Å². The molecule has 6 nitrogen and oxygen atoms in total. The van der Waals surface area contributed by atoms with Gasteiger partial charge in [-0.05, 0) is 30.5 Å². The standard InChI is InChI=1S/C17H18N4O2S/c1-12(15-8-5-11-24-15)20(2)16(22)9-10-21-17(23)13-6-3-4-7-14(13)18-19-21/h3-8,11-12H,9-10H2,1-2H3/t12-/m0/s1. The molecule has 1 atom stereocenters. The fourth-order valence-electron chi connectivity index (χ4n) is 2.48. The molecule has 0 aliphatic rings. The molecule has 1 aromatic carbocycles. The highest BCUT2D eigenvalue weighted by molar-refractivity contribution is 7.10. The van der Waals surface area contributed by atoms with Gasteiger partial charge in [0, 0.05) is 18.3 Å². The molecule has 0 fully saturated rings. The summed E-state index contributed by atoms with van der Waals surface area (Å²) in [5.74, 6) is -0.0299. The Morgan fingerprint density at radius 3 is 2.83 bits per heavy atom. The third-order valence-electron chi connectivity index (χ3n) is 4.10. The van der Waals surface area contributed by atoms with E-state index in [0.717, 1.165) is 4.88 Å². The van der Waals surface area contributed by atoms with Gasteiger partial charge in [0.05, 0.1) is 18.0 Å². The van der Waals surface area contributed by atoms with Crippen LogP contribution in [0.15, 0.2) is 46.6 Å². The van der Waals surface area contributed by atoms with E-state index in [-0.39, 0.29) is 30.5 Å². The maximum atomic E-state index is 12.4. The molecule has 0 radical (unpaired) electrons. The van der Waals surface area contributed by atoms with E-state index in [9.17, 15) is 9.59 Å². The van der Waals surface area contributed by atoms with Crippen molar-refractivity contribution in [2.45, 2.75) is 25.9 Å². The van der Waals surface area contributed by atoms with Gasteiger partial charge >= 0.3 is 0 Å². The van der Waals surface area contributed by atoms with Crippen LogP contribution >= 0.6 is 11.3 Å². The minimum Gasteiger partial charge on any atom is -0.338 e. The van der Waals surface area contributed by atoms with Crippen LogP contribution in [0.4, 0.5) is 0 Å². The number of aromatic nitrogens is 3. The van der Waals surface area contributed by atoms with Gasteiger partial charge in [0.25, 0.3) is 5.56 Å². The van der Waals surface area contributed by atoms with Crippen molar-refractivity contribution in [1.29, 1.82) is 0 Å². The average molecular weight is 342 g/mol. The maximum absolute atomic E-state index is 12.4. The minimum atomic E-state index is -0.220. The zero-order valence-electron chi connectivity index (χ0n) is 13.5. The van der Waals surface area contributed by atoms with E-state index in [1.165, 1.54) is 4.68 Å². The Bertz CT molecular complexity index is 904. The van der Waals surface area contributed by atoms with Gasteiger partial charge < -0.3 is 4.90 Å². The van der Waals surface area contributed by atoms with Gasteiger partial charge in [-0.15, -0.1) is 16.4 Å². The summed E-state index contributed by atoms with van der Waals surface area (Å²) in [7, 11) is 1.78. The van der Waals surface area contributed by atoms with Crippen molar-refractivity contribution in [2.24, 2.45) is 0 Å². The lowest BCUT2D eigenvalue weighted by atomic mass is 10.2. The highest BCUT2D eigenvalue weighted by Crippen LogP contribution is 2.23. The first-order valence-electron chi connectivity index (χ1n) is 7.69. The Kier molecular flexibility index (Phi) is 4.71. The summed E-state index contributed by atoms with van der Waals surface area (Å²) in [6, 6.07) is 11.1. The third-order valence-corrected chi connectivity index (χ3v) is 5.14. The zero-order valence-corrected chi connectivity index (χ0v) is 14.4. The second-order valence-electron chi connectivity index (χ2n) is 5.58. The predicted octanol–water partition coefficient (Wildman–Crippen LogP) is 2.46. The molecule has 0 N–H and O–H groups in total. The number of rotatable bonds is 5. The van der Waals surface area contributed by atoms with E-state index < -0.39 is 0 Å². The first kappa shape index (κ1) is 16.3. The molecule has 1 amide bonds. The number of hydrogen-bond acceptors (Lipinski definition) is 5. The van der Waals surface area contributed by atoms with Gasteiger partial charge in [0.1, 0.15) is 5.52 Å². The fourth-order valence-corrected chi connectivity index (χ4v) is 3.31. The van der Waals surface area contributed by atoms with Gasteiger partial charge in [0.15, 0.2) is 0 Å². The third kappa shape index (κ3) is 3.21. The van der Waals surface area contributed by atoms with Gasteiger partial charge in [-0.3, -0.25) is 9.59 Å². The van der Waals surface area contributed by atoms with E-state index in [1.807, 2.05) is 30.5 Å². The lowest BCUT2D eigenvalue weighted by molar-refractivity contribution is -0.132. The second-order valence-corrected chi connectivity index (χ2v) is 6.56. The molecule has 0 bridgehead atoms. The number of thiophene rings is 1. The van der Waals surface area contributed by atoms with Gasteiger partial charge in [0.2, 0.25) is 5.91 Å². The van der Waals surface area contributed by atoms with Crippen LogP contribution in [0.3, 0.4) is 0 Å². The molecule has 3 aromatic rings. The van der Waals surface area contributed by atoms with Crippen LogP contribution in [-0.4, -0.2) is 32.8 Å². The molecular formula is C17H18N4O2S. The van der Waals surface area contributed by atoms with E-state index in [4.69, 9.17) is 0 Å². The topological polar surface area (TPSA) is 68.1 Å². The summed E-state index contributed by atoms with van der Waals surface area (Å²) in [5.41, 5.74) is 0.343. The quantitative estimate of drug-likeness (QED) is 0.714. The summed E-state index contributed by atoms with van der Waals surface area (Å²) >= 11 is 1.62. The molecule has 0 spiro atoms. The molecule has 7 heteroatoms. The van der Waals surface area contributed by atoms with Crippen molar-refractivity contribution in [2.75, 3.05) is 7.05 Å². The van der Waals surface area contributed by atoms with E-state index in [2.05, 4.69) is 10.3 Å². The zero-order chi connectivity index (χ0) is 17.1. The van der Waals surface area contributed by atoms with Crippen LogP contribution in [0, 0.1) is 0 Å². The Morgan fingerprint density at radius 2 is 2.08 bits per heavy atom. The molecule has 0 aliphatic heterocycles. The number of aryl methyl sites for hydroxylation is 1. The normalized spacial score (nSPS) is 12.2. The Hall–Kier alpha value is -2.54. The molecule has 24 heavy (non-hydrogen) atoms. The van der Waals surface area contributed by atoms with Crippen LogP contribution in [0.2, 0.25) is 0 Å². The molecule has 124 valence electrons. The summed E-state index contributed by atoms with van der Waals surface area (Å²) in [6.45, 7) is 2.21. The number of carbonyl (C=O) groups excluding carboxylic acids is 1. The maximum Gasteiger partial charge on any atom is 0.277 e. The van der Waals surface area contributed by atoms with Crippen LogP contribution in [-0.2, 0) is 11.3 Å². The van der Waals surface area contributed by atoms with Crippen molar-refractivity contribution >= 4 is 28.1 Å². The van der Waals surface area contributed by atoms with Gasteiger partial charge in [-0.1, -0.05) is 23.4 Å². The van der Waals surface area contributed by atoms with Crippen molar-refractivity contribution in [3.05, 3.63) is 57.0 Å². The summed E-state index contributed by atoms with van der Waals surface area (Å²) < 4.78 is 1.25. The number of fused-ring (bicyclic) bond motifs is 1. The summed E-state index contributed by atoms with van der Waals surface area (Å²) in [4.78, 5) is 27.6. The predicted molar refractivity (Wildman–Crippen MR) is 93.9 cm³/mol. The highest BCUT2D eigenvalue weighted by Gasteiger charge is 2.18. The van der Waals surface area contributed by atoms with Crippen LogP contribution in [0.5, 0.6) is 0 Å². The first-order chi connectivity index (χ1) is 11.6. The first-order valence-corrected chi connectivity index (χ1v) is 8.57. The number of benzene rings is 1. The van der Waals surface area contributed by atoms with Crippen molar-refractivity contribution in [3.8, 4) is 0 Å². The van der Waals surface area contributed by atoms with Crippen molar-refractivity contribution in [3.63, 3.8) is 0 Å². The monoisotopic (exact) mass is 342 g/mol. The molecule has 3 rings (SSSR count). The second kappa shape index (κ2) is 6.92. The minimum absolute atomic E-state index is 0.0110. The SMILES string of the molecule is C[C@@H](c1cccs1)N(C)C(=O)CCn1nnc2ccccc2c1=O.